The number of hydrogen-bond donors (Lipinski definition) is 2. The van der Waals surface area contributed by atoms with Gasteiger partial charge in [0, 0.05) is 19.1 Å². The van der Waals surface area contributed by atoms with Gasteiger partial charge in [0.25, 0.3) is 5.91 Å². The van der Waals surface area contributed by atoms with Crippen LogP contribution in [0.3, 0.4) is 0 Å². The second-order valence-electron chi connectivity index (χ2n) is 4.52. The summed E-state index contributed by atoms with van der Waals surface area (Å²) >= 11 is 6.00. The molecule has 1 fully saturated rings. The lowest BCUT2D eigenvalue weighted by Gasteiger charge is -2.32. The minimum absolute atomic E-state index is 0.0628. The fourth-order valence-corrected chi connectivity index (χ4v) is 2.42. The average molecular weight is 269 g/mol. The number of nitrogens with one attached hydrogen (secondary N) is 1. The first kappa shape index (κ1) is 13.2. The number of benzene rings is 1. The zero-order valence-electron chi connectivity index (χ0n) is 10.3. The zero-order chi connectivity index (χ0) is 13.1. The number of hydrogen-bond acceptors (Lipinski definition) is 3. The summed E-state index contributed by atoms with van der Waals surface area (Å²) in [6.07, 6.45) is 1.89. The van der Waals surface area contributed by atoms with Gasteiger partial charge in [-0.25, -0.2) is 0 Å². The summed E-state index contributed by atoms with van der Waals surface area (Å²) in [5.74, 6) is -0.0432. The maximum atomic E-state index is 12.3. The molecule has 1 saturated heterocycles. The van der Waals surface area contributed by atoms with Crippen molar-refractivity contribution in [3.63, 3.8) is 0 Å². The molecule has 1 aliphatic rings. The lowest BCUT2D eigenvalue weighted by atomic mass is 10.0. The number of carbonyl (C=O) groups is 1. The number of amides is 1. The quantitative estimate of drug-likeness (QED) is 0.861. The minimum Gasteiger partial charge on any atom is -0.508 e. The largest absolute Gasteiger partial charge is 0.508 e. The lowest BCUT2D eigenvalue weighted by molar-refractivity contribution is 0.0707. The van der Waals surface area contributed by atoms with Gasteiger partial charge in [0.05, 0.1) is 10.6 Å². The number of likely N-dealkylation sites (tertiary alicyclic amines) is 1. The molecule has 1 aromatic carbocycles. The van der Waals surface area contributed by atoms with E-state index in [0.29, 0.717) is 16.6 Å². The number of piperidine rings is 1. The molecule has 1 aliphatic heterocycles. The molecule has 0 atom stereocenters. The van der Waals surface area contributed by atoms with Crippen molar-refractivity contribution in [3.8, 4) is 5.75 Å². The molecule has 0 spiro atoms. The van der Waals surface area contributed by atoms with Crippen molar-refractivity contribution in [2.45, 2.75) is 18.9 Å². The van der Waals surface area contributed by atoms with Gasteiger partial charge in [0.2, 0.25) is 0 Å². The molecule has 1 heterocycles. The highest BCUT2D eigenvalue weighted by atomic mass is 35.5. The predicted octanol–water partition coefficient (Wildman–Crippen LogP) is 1.87. The summed E-state index contributed by atoms with van der Waals surface area (Å²) < 4.78 is 0. The first-order valence-corrected chi connectivity index (χ1v) is 6.44. The van der Waals surface area contributed by atoms with Crippen LogP contribution in [0.4, 0.5) is 0 Å². The molecule has 0 aliphatic carbocycles. The number of rotatable bonds is 2. The Morgan fingerprint density at radius 2 is 2.11 bits per heavy atom. The standard InChI is InChI=1S/C13H17ClN2O2/c1-15-9-4-6-16(7-5-9)13(18)11-8-10(17)2-3-12(11)14/h2-3,8-9,15,17H,4-7H2,1H3. The molecule has 0 saturated carbocycles. The van der Waals surface area contributed by atoms with Gasteiger partial charge in [-0.15, -0.1) is 0 Å². The van der Waals surface area contributed by atoms with Crippen molar-refractivity contribution >= 4 is 17.5 Å². The number of phenols is 1. The van der Waals surface area contributed by atoms with Crippen LogP contribution in [-0.2, 0) is 0 Å². The summed E-state index contributed by atoms with van der Waals surface area (Å²) in [4.78, 5) is 14.1. The van der Waals surface area contributed by atoms with Crippen LogP contribution in [0, 0.1) is 0 Å². The van der Waals surface area contributed by atoms with E-state index in [1.165, 1.54) is 12.1 Å². The van der Waals surface area contributed by atoms with Gasteiger partial charge in [-0.2, -0.15) is 0 Å². The van der Waals surface area contributed by atoms with Crippen molar-refractivity contribution in [2.24, 2.45) is 0 Å². The fourth-order valence-electron chi connectivity index (χ4n) is 2.22. The molecule has 5 heteroatoms. The first-order valence-electron chi connectivity index (χ1n) is 6.07. The number of nitrogens with zero attached hydrogens (tertiary/aromatic N) is 1. The number of phenolic OH excluding ortho intramolecular Hbond substituents is 1. The van der Waals surface area contributed by atoms with E-state index < -0.39 is 0 Å². The maximum Gasteiger partial charge on any atom is 0.255 e. The summed E-state index contributed by atoms with van der Waals surface area (Å²) in [6, 6.07) is 4.93. The molecule has 98 valence electrons. The van der Waals surface area contributed by atoms with E-state index in [1.54, 1.807) is 11.0 Å². The SMILES string of the molecule is CNC1CCN(C(=O)c2cc(O)ccc2Cl)CC1. The summed E-state index contributed by atoms with van der Waals surface area (Å²) in [5, 5.41) is 13.0. The van der Waals surface area contributed by atoms with Crippen LogP contribution in [0.25, 0.3) is 0 Å². The Morgan fingerprint density at radius 3 is 2.72 bits per heavy atom. The van der Waals surface area contributed by atoms with E-state index in [1.807, 2.05) is 7.05 Å². The molecule has 2 N–H and O–H groups in total. The highest BCUT2D eigenvalue weighted by Gasteiger charge is 2.24. The minimum atomic E-state index is -0.106. The van der Waals surface area contributed by atoms with E-state index in [-0.39, 0.29) is 11.7 Å². The highest BCUT2D eigenvalue weighted by Crippen LogP contribution is 2.24. The van der Waals surface area contributed by atoms with E-state index in [4.69, 9.17) is 11.6 Å². The second-order valence-corrected chi connectivity index (χ2v) is 4.93. The monoisotopic (exact) mass is 268 g/mol. The van der Waals surface area contributed by atoms with Gasteiger partial charge in [-0.3, -0.25) is 4.79 Å². The van der Waals surface area contributed by atoms with Gasteiger partial charge in [-0.05, 0) is 38.1 Å². The molecule has 0 unspecified atom stereocenters. The Morgan fingerprint density at radius 1 is 1.44 bits per heavy atom. The third-order valence-electron chi connectivity index (χ3n) is 3.37. The smallest absolute Gasteiger partial charge is 0.255 e. The number of halogens is 1. The normalized spacial score (nSPS) is 16.9. The highest BCUT2D eigenvalue weighted by molar-refractivity contribution is 6.33. The average Bonchev–Trinajstić information content (AvgIpc) is 2.41. The van der Waals surface area contributed by atoms with E-state index in [9.17, 15) is 9.90 Å². The summed E-state index contributed by atoms with van der Waals surface area (Å²) in [5.41, 5.74) is 0.375. The van der Waals surface area contributed by atoms with Crippen LogP contribution in [0.1, 0.15) is 23.2 Å². The van der Waals surface area contributed by atoms with Crippen LogP contribution < -0.4 is 5.32 Å². The molecule has 0 aromatic heterocycles. The van der Waals surface area contributed by atoms with E-state index >= 15 is 0 Å². The Balaban J connectivity index is 2.10. The Bertz CT molecular complexity index is 443. The van der Waals surface area contributed by atoms with Crippen LogP contribution in [0.15, 0.2) is 18.2 Å². The van der Waals surface area contributed by atoms with Crippen LogP contribution in [-0.4, -0.2) is 42.1 Å². The van der Waals surface area contributed by atoms with Crippen LogP contribution in [0.2, 0.25) is 5.02 Å². The first-order chi connectivity index (χ1) is 8.61. The number of aromatic hydroxyl groups is 1. The van der Waals surface area contributed by atoms with Crippen molar-refractivity contribution < 1.29 is 9.90 Å². The Hall–Kier alpha value is -1.26. The molecule has 2 rings (SSSR count). The molecule has 18 heavy (non-hydrogen) atoms. The van der Waals surface area contributed by atoms with E-state index in [2.05, 4.69) is 5.32 Å². The van der Waals surface area contributed by atoms with Crippen molar-refractivity contribution in [1.29, 1.82) is 0 Å². The summed E-state index contributed by atoms with van der Waals surface area (Å²) in [6.45, 7) is 1.44. The van der Waals surface area contributed by atoms with Gasteiger partial charge >= 0.3 is 0 Å². The van der Waals surface area contributed by atoms with Crippen LogP contribution >= 0.6 is 11.6 Å². The van der Waals surface area contributed by atoms with E-state index in [0.717, 1.165) is 25.9 Å². The molecule has 4 nitrogen and oxygen atoms in total. The maximum absolute atomic E-state index is 12.3. The van der Waals surface area contributed by atoms with Crippen molar-refractivity contribution in [3.05, 3.63) is 28.8 Å². The molecule has 1 amide bonds. The molecule has 0 bridgehead atoms. The lowest BCUT2D eigenvalue weighted by Crippen LogP contribution is -2.44. The van der Waals surface area contributed by atoms with Gasteiger partial charge in [0.1, 0.15) is 5.75 Å². The molecular weight excluding hydrogens is 252 g/mol. The topological polar surface area (TPSA) is 52.6 Å². The van der Waals surface area contributed by atoms with Gasteiger partial charge in [0.15, 0.2) is 0 Å². The van der Waals surface area contributed by atoms with Crippen LogP contribution in [0.5, 0.6) is 5.75 Å². The second kappa shape index (κ2) is 5.59. The molecular formula is C13H17ClN2O2. The predicted molar refractivity (Wildman–Crippen MR) is 71.1 cm³/mol. The van der Waals surface area contributed by atoms with Crippen molar-refractivity contribution in [2.75, 3.05) is 20.1 Å². The Labute approximate surface area is 112 Å². The third kappa shape index (κ3) is 2.76. The van der Waals surface area contributed by atoms with Crippen molar-refractivity contribution in [1.82, 2.24) is 10.2 Å². The van der Waals surface area contributed by atoms with Gasteiger partial charge in [-0.1, -0.05) is 11.6 Å². The molecule has 1 aromatic rings. The number of carbonyl (C=O) groups excluding carboxylic acids is 1. The summed E-state index contributed by atoms with van der Waals surface area (Å²) in [7, 11) is 1.94. The Kier molecular flexibility index (Phi) is 4.09. The molecule has 0 radical (unpaired) electrons. The zero-order valence-corrected chi connectivity index (χ0v) is 11.1. The third-order valence-corrected chi connectivity index (χ3v) is 3.70. The fraction of sp³-hybridized carbons (Fsp3) is 0.462. The van der Waals surface area contributed by atoms with Gasteiger partial charge < -0.3 is 15.3 Å².